The summed E-state index contributed by atoms with van der Waals surface area (Å²) >= 11 is 0. The summed E-state index contributed by atoms with van der Waals surface area (Å²) in [7, 11) is 1.48. The van der Waals surface area contributed by atoms with Crippen LogP contribution in [0.3, 0.4) is 0 Å². The highest BCUT2D eigenvalue weighted by atomic mass is 16.6. The summed E-state index contributed by atoms with van der Waals surface area (Å²) in [6, 6.07) is 1.74. The van der Waals surface area contributed by atoms with E-state index >= 15 is 0 Å². The first-order valence-electron chi connectivity index (χ1n) is 5.27. The molecule has 0 saturated carbocycles. The molecule has 2 saturated heterocycles. The minimum atomic E-state index is -0.481. The van der Waals surface area contributed by atoms with Gasteiger partial charge in [-0.05, 0) is 0 Å². The number of methoxy groups -OCH3 is 1. The Hall–Kier alpha value is -1.89. The predicted octanol–water partition coefficient (Wildman–Crippen LogP) is 0.586. The third kappa shape index (κ3) is 1.42. The van der Waals surface area contributed by atoms with Crippen molar-refractivity contribution in [3.8, 4) is 5.75 Å². The highest BCUT2D eigenvalue weighted by Gasteiger charge is 2.48. The Balaban J connectivity index is 1.91. The first-order valence-corrected chi connectivity index (χ1v) is 5.27. The largest absolute Gasteiger partial charge is 0.493 e. The molecular weight excluding hydrogens is 226 g/mol. The lowest BCUT2D eigenvalue weighted by Crippen LogP contribution is -2.71. The molecule has 1 aromatic rings. The molecule has 0 radical (unpaired) electrons. The van der Waals surface area contributed by atoms with Crippen LogP contribution in [0.5, 0.6) is 5.75 Å². The van der Waals surface area contributed by atoms with E-state index in [0.717, 1.165) is 6.54 Å². The van der Waals surface area contributed by atoms with Crippen molar-refractivity contribution in [3.63, 3.8) is 0 Å². The van der Waals surface area contributed by atoms with Gasteiger partial charge in [0.1, 0.15) is 6.20 Å². The van der Waals surface area contributed by atoms with E-state index in [1.54, 1.807) is 0 Å². The number of fused-ring (bicyclic) bond motifs is 1. The number of ether oxygens (including phenoxy) is 2. The highest BCUT2D eigenvalue weighted by molar-refractivity contribution is 5.59. The van der Waals surface area contributed by atoms with Crippen molar-refractivity contribution >= 4 is 11.5 Å². The van der Waals surface area contributed by atoms with Crippen LogP contribution >= 0.6 is 0 Å². The number of nitrogens with zero attached hydrogens (tertiary/aromatic N) is 3. The van der Waals surface area contributed by atoms with Gasteiger partial charge < -0.3 is 14.4 Å². The van der Waals surface area contributed by atoms with Crippen molar-refractivity contribution in [1.82, 2.24) is 4.98 Å². The summed E-state index contributed by atoms with van der Waals surface area (Å²) in [6.07, 6.45) is 1.54. The zero-order valence-electron chi connectivity index (χ0n) is 9.20. The maximum atomic E-state index is 10.6. The second kappa shape index (κ2) is 3.56. The van der Waals surface area contributed by atoms with Crippen molar-refractivity contribution < 1.29 is 14.4 Å². The van der Waals surface area contributed by atoms with Gasteiger partial charge in [-0.1, -0.05) is 0 Å². The van der Waals surface area contributed by atoms with Gasteiger partial charge in [-0.25, -0.2) is 4.98 Å². The second-order valence-corrected chi connectivity index (χ2v) is 4.07. The number of rotatable bonds is 3. The molecule has 17 heavy (non-hydrogen) atoms. The smallest absolute Gasteiger partial charge is 0.291 e. The van der Waals surface area contributed by atoms with Crippen LogP contribution in [0.15, 0.2) is 12.3 Å². The molecule has 0 N–H and O–H groups in total. The van der Waals surface area contributed by atoms with Crippen molar-refractivity contribution in [2.24, 2.45) is 0 Å². The van der Waals surface area contributed by atoms with Crippen LogP contribution in [0.2, 0.25) is 0 Å². The average molecular weight is 237 g/mol. The van der Waals surface area contributed by atoms with Crippen LogP contribution in [-0.4, -0.2) is 42.3 Å². The summed E-state index contributed by atoms with van der Waals surface area (Å²) in [5, 5.41) is 10.6. The van der Waals surface area contributed by atoms with Gasteiger partial charge in [0.05, 0.1) is 36.9 Å². The van der Waals surface area contributed by atoms with E-state index in [1.165, 1.54) is 19.4 Å². The molecule has 3 rings (SSSR count). The van der Waals surface area contributed by atoms with Gasteiger partial charge in [0.25, 0.3) is 5.69 Å². The molecule has 7 nitrogen and oxygen atoms in total. The summed E-state index contributed by atoms with van der Waals surface area (Å²) in [5.74, 6) is 1.09. The number of nitro groups is 1. The maximum absolute atomic E-state index is 10.6. The molecule has 90 valence electrons. The lowest BCUT2D eigenvalue weighted by Gasteiger charge is -2.55. The minimum absolute atomic E-state index is 0.0625. The molecule has 2 aliphatic heterocycles. The van der Waals surface area contributed by atoms with Crippen molar-refractivity contribution in [2.45, 2.75) is 12.1 Å². The molecule has 2 fully saturated rings. The van der Waals surface area contributed by atoms with Gasteiger partial charge in [0.15, 0.2) is 11.6 Å². The zero-order chi connectivity index (χ0) is 12.0. The quantitative estimate of drug-likeness (QED) is 0.565. The number of aromatic nitrogens is 1. The van der Waals surface area contributed by atoms with Crippen molar-refractivity contribution in [1.29, 1.82) is 0 Å². The van der Waals surface area contributed by atoms with E-state index < -0.39 is 4.92 Å². The van der Waals surface area contributed by atoms with Crippen LogP contribution in [0.4, 0.5) is 11.5 Å². The molecule has 3 heterocycles. The zero-order valence-corrected chi connectivity index (χ0v) is 9.20. The lowest BCUT2D eigenvalue weighted by molar-refractivity contribution is -0.385. The molecular formula is C10H11N3O4. The van der Waals surface area contributed by atoms with E-state index in [-0.39, 0.29) is 11.8 Å². The maximum Gasteiger partial charge on any atom is 0.291 e. The Labute approximate surface area is 97.1 Å². The Kier molecular flexibility index (Phi) is 2.15. The Morgan fingerprint density at radius 1 is 1.71 bits per heavy atom. The molecule has 0 aromatic carbocycles. The molecule has 2 aliphatic rings. The van der Waals surface area contributed by atoms with Gasteiger partial charge in [-0.2, -0.15) is 0 Å². The van der Waals surface area contributed by atoms with E-state index in [1.807, 2.05) is 0 Å². The third-order valence-corrected chi connectivity index (χ3v) is 3.21. The minimum Gasteiger partial charge on any atom is -0.493 e. The third-order valence-electron chi connectivity index (χ3n) is 3.21. The van der Waals surface area contributed by atoms with Gasteiger partial charge in [-0.3, -0.25) is 10.1 Å². The van der Waals surface area contributed by atoms with Gasteiger partial charge >= 0.3 is 0 Å². The number of anilines is 1. The van der Waals surface area contributed by atoms with E-state index in [0.29, 0.717) is 24.2 Å². The lowest BCUT2D eigenvalue weighted by atomic mass is 9.95. The van der Waals surface area contributed by atoms with E-state index in [2.05, 4.69) is 9.88 Å². The predicted molar refractivity (Wildman–Crippen MR) is 58.3 cm³/mol. The number of hydrogen-bond donors (Lipinski definition) is 0. The summed E-state index contributed by atoms with van der Waals surface area (Å²) in [4.78, 5) is 16.3. The van der Waals surface area contributed by atoms with E-state index in [4.69, 9.17) is 9.47 Å². The molecule has 0 spiro atoms. The molecule has 0 bridgehead atoms. The van der Waals surface area contributed by atoms with Gasteiger partial charge in [0, 0.05) is 6.54 Å². The van der Waals surface area contributed by atoms with Crippen LogP contribution in [0.25, 0.3) is 0 Å². The highest BCUT2D eigenvalue weighted by Crippen LogP contribution is 2.39. The summed E-state index contributed by atoms with van der Waals surface area (Å²) in [5.41, 5.74) is -0.0625. The number of pyridine rings is 1. The van der Waals surface area contributed by atoms with Crippen molar-refractivity contribution in [2.75, 3.05) is 25.2 Å². The molecule has 1 aromatic heterocycles. The monoisotopic (exact) mass is 237 g/mol. The Bertz CT molecular complexity index is 479. The second-order valence-electron chi connectivity index (χ2n) is 4.07. The number of morpholine rings is 1. The van der Waals surface area contributed by atoms with Crippen LogP contribution in [0, 0.1) is 10.1 Å². The van der Waals surface area contributed by atoms with Crippen LogP contribution in [-0.2, 0) is 4.74 Å². The SMILES string of the molecule is COc1cc([N+](=O)[O-])cnc1N1CC2OCC21. The normalized spacial score (nSPS) is 25.6. The standard InChI is InChI=1S/C10H11N3O4/c1-16-8-2-6(13(14)15)3-11-10(8)12-4-9-7(12)5-17-9/h2-3,7,9H,4-5H2,1H3. The Morgan fingerprint density at radius 3 is 3.00 bits per heavy atom. The fourth-order valence-corrected chi connectivity index (χ4v) is 2.11. The average Bonchev–Trinajstić information content (AvgIpc) is 2.31. The van der Waals surface area contributed by atoms with Crippen molar-refractivity contribution in [3.05, 3.63) is 22.4 Å². The summed E-state index contributed by atoms with van der Waals surface area (Å²) < 4.78 is 10.4. The summed E-state index contributed by atoms with van der Waals surface area (Å²) in [6.45, 7) is 1.46. The fraction of sp³-hybridized carbons (Fsp3) is 0.500. The fourth-order valence-electron chi connectivity index (χ4n) is 2.11. The molecule has 0 amide bonds. The van der Waals surface area contributed by atoms with E-state index in [9.17, 15) is 10.1 Å². The molecule has 2 atom stereocenters. The van der Waals surface area contributed by atoms with Crippen LogP contribution in [0.1, 0.15) is 0 Å². The first-order chi connectivity index (χ1) is 8.20. The molecule has 7 heteroatoms. The number of hydrogen-bond acceptors (Lipinski definition) is 6. The molecule has 2 unspecified atom stereocenters. The topological polar surface area (TPSA) is 77.7 Å². The van der Waals surface area contributed by atoms with Crippen LogP contribution < -0.4 is 9.64 Å². The first kappa shape index (κ1) is 10.3. The van der Waals surface area contributed by atoms with Gasteiger partial charge in [0.2, 0.25) is 0 Å². The molecule has 0 aliphatic carbocycles. The Morgan fingerprint density at radius 2 is 2.53 bits per heavy atom. The van der Waals surface area contributed by atoms with Gasteiger partial charge in [-0.15, -0.1) is 0 Å².